The predicted molar refractivity (Wildman–Crippen MR) is 118 cm³/mol. The Morgan fingerprint density at radius 2 is 1.90 bits per heavy atom. The summed E-state index contributed by atoms with van der Waals surface area (Å²) in [6, 6.07) is 16.5. The summed E-state index contributed by atoms with van der Waals surface area (Å²) in [6.45, 7) is 2.66. The molecule has 158 valence electrons. The van der Waals surface area contributed by atoms with Crippen molar-refractivity contribution in [3.05, 3.63) is 66.4 Å². The second-order valence-electron chi connectivity index (χ2n) is 7.99. The molecular weight excluding hydrogens is 398 g/mol. The number of sulfonamides is 1. The molecule has 2 atom stereocenters. The molecule has 0 radical (unpaired) electrons. The zero-order chi connectivity index (χ0) is 21.1. The van der Waals surface area contributed by atoms with Crippen LogP contribution in [0, 0.1) is 5.92 Å². The van der Waals surface area contributed by atoms with E-state index in [4.69, 9.17) is 0 Å². The number of piperidine rings is 1. The Balaban J connectivity index is 1.39. The average Bonchev–Trinajstić information content (AvgIpc) is 3.17. The summed E-state index contributed by atoms with van der Waals surface area (Å²) in [5.74, 6) is -0.405. The largest absolute Gasteiger partial charge is 0.361 e. The monoisotopic (exact) mass is 425 g/mol. The Kier molecular flexibility index (Phi) is 5.92. The molecule has 2 N–H and O–H groups in total. The van der Waals surface area contributed by atoms with Gasteiger partial charge in [-0.3, -0.25) is 4.79 Å². The molecule has 4 rings (SSSR count). The molecule has 0 aliphatic carbocycles. The van der Waals surface area contributed by atoms with Gasteiger partial charge in [0.1, 0.15) is 0 Å². The van der Waals surface area contributed by atoms with Crippen molar-refractivity contribution in [3.63, 3.8) is 0 Å². The topological polar surface area (TPSA) is 82.3 Å². The summed E-state index contributed by atoms with van der Waals surface area (Å²) in [4.78, 5) is 16.4. The summed E-state index contributed by atoms with van der Waals surface area (Å²) in [6.07, 6.45) is 4.09. The smallest absolute Gasteiger partial charge is 0.243 e. The number of aromatic amines is 1. The van der Waals surface area contributed by atoms with E-state index in [-0.39, 0.29) is 29.3 Å². The number of fused-ring (bicyclic) bond motifs is 1. The van der Waals surface area contributed by atoms with Crippen LogP contribution < -0.4 is 5.32 Å². The molecule has 0 unspecified atom stereocenters. The van der Waals surface area contributed by atoms with Crippen molar-refractivity contribution in [1.29, 1.82) is 0 Å². The highest BCUT2D eigenvalue weighted by Crippen LogP contribution is 2.24. The van der Waals surface area contributed by atoms with E-state index < -0.39 is 10.0 Å². The SMILES string of the molecule is C[C@H](Cc1c[nH]c2ccccc12)NC(=O)[C@@H]1CCCN(S(=O)(=O)c2ccccc2)C1. The zero-order valence-electron chi connectivity index (χ0n) is 17.0. The highest BCUT2D eigenvalue weighted by Gasteiger charge is 2.33. The number of carbonyl (C=O) groups is 1. The lowest BCUT2D eigenvalue weighted by Gasteiger charge is -2.31. The third kappa shape index (κ3) is 4.27. The van der Waals surface area contributed by atoms with Crippen molar-refractivity contribution in [2.75, 3.05) is 13.1 Å². The Morgan fingerprint density at radius 1 is 1.17 bits per heavy atom. The lowest BCUT2D eigenvalue weighted by Crippen LogP contribution is -2.47. The molecule has 1 amide bonds. The van der Waals surface area contributed by atoms with Crippen LogP contribution in [0.5, 0.6) is 0 Å². The minimum absolute atomic E-state index is 0.0437. The highest BCUT2D eigenvalue weighted by atomic mass is 32.2. The van der Waals surface area contributed by atoms with Crippen molar-refractivity contribution in [3.8, 4) is 0 Å². The maximum atomic E-state index is 12.9. The van der Waals surface area contributed by atoms with Crippen LogP contribution in [0.1, 0.15) is 25.3 Å². The molecule has 3 aromatic rings. The summed E-state index contributed by atoms with van der Waals surface area (Å²) in [7, 11) is -3.57. The number of amides is 1. The van der Waals surface area contributed by atoms with Crippen LogP contribution in [0.2, 0.25) is 0 Å². The molecule has 0 bridgehead atoms. The van der Waals surface area contributed by atoms with Gasteiger partial charge in [0.15, 0.2) is 0 Å². The van der Waals surface area contributed by atoms with Gasteiger partial charge in [-0.05, 0) is 49.9 Å². The normalized spacial score (nSPS) is 18.9. The Hall–Kier alpha value is -2.64. The van der Waals surface area contributed by atoms with E-state index in [0.29, 0.717) is 25.8 Å². The first-order valence-electron chi connectivity index (χ1n) is 10.4. The van der Waals surface area contributed by atoms with E-state index in [1.807, 2.05) is 31.3 Å². The molecule has 7 heteroatoms. The van der Waals surface area contributed by atoms with Crippen molar-refractivity contribution in [2.45, 2.75) is 37.1 Å². The van der Waals surface area contributed by atoms with E-state index in [2.05, 4.69) is 16.4 Å². The van der Waals surface area contributed by atoms with Crippen LogP contribution >= 0.6 is 0 Å². The van der Waals surface area contributed by atoms with Crippen LogP contribution in [-0.4, -0.2) is 42.7 Å². The second-order valence-corrected chi connectivity index (χ2v) is 9.93. The van der Waals surface area contributed by atoms with Gasteiger partial charge in [0.05, 0.1) is 10.8 Å². The predicted octanol–water partition coefficient (Wildman–Crippen LogP) is 3.32. The van der Waals surface area contributed by atoms with Crippen molar-refractivity contribution < 1.29 is 13.2 Å². The fraction of sp³-hybridized carbons (Fsp3) is 0.348. The maximum Gasteiger partial charge on any atom is 0.243 e. The van der Waals surface area contributed by atoms with Crippen LogP contribution in [0.25, 0.3) is 10.9 Å². The lowest BCUT2D eigenvalue weighted by atomic mass is 9.98. The number of rotatable bonds is 6. The number of aromatic nitrogens is 1. The Bertz CT molecular complexity index is 1120. The Morgan fingerprint density at radius 3 is 2.70 bits per heavy atom. The summed E-state index contributed by atoms with van der Waals surface area (Å²) in [5, 5.41) is 4.25. The summed E-state index contributed by atoms with van der Waals surface area (Å²) < 4.78 is 27.3. The number of para-hydroxylation sites is 1. The Labute approximate surface area is 177 Å². The fourth-order valence-corrected chi connectivity index (χ4v) is 5.70. The molecule has 30 heavy (non-hydrogen) atoms. The van der Waals surface area contributed by atoms with Crippen molar-refractivity contribution in [2.24, 2.45) is 5.92 Å². The lowest BCUT2D eigenvalue weighted by molar-refractivity contribution is -0.126. The van der Waals surface area contributed by atoms with E-state index in [1.54, 1.807) is 30.3 Å². The minimum Gasteiger partial charge on any atom is -0.361 e. The molecular formula is C23H27N3O3S. The number of hydrogen-bond acceptors (Lipinski definition) is 3. The number of H-pyrrole nitrogens is 1. The van der Waals surface area contributed by atoms with Gasteiger partial charge in [-0.15, -0.1) is 0 Å². The molecule has 1 saturated heterocycles. The van der Waals surface area contributed by atoms with E-state index >= 15 is 0 Å². The van der Waals surface area contributed by atoms with E-state index in [9.17, 15) is 13.2 Å². The molecule has 1 aliphatic rings. The molecule has 2 heterocycles. The van der Waals surface area contributed by atoms with Gasteiger partial charge in [0, 0.05) is 36.2 Å². The number of benzene rings is 2. The third-order valence-electron chi connectivity index (χ3n) is 5.73. The van der Waals surface area contributed by atoms with Crippen molar-refractivity contribution >= 4 is 26.8 Å². The third-order valence-corrected chi connectivity index (χ3v) is 7.60. The van der Waals surface area contributed by atoms with Gasteiger partial charge in [-0.2, -0.15) is 4.31 Å². The molecule has 1 aromatic heterocycles. The van der Waals surface area contributed by atoms with E-state index in [0.717, 1.165) is 16.5 Å². The molecule has 0 saturated carbocycles. The number of nitrogens with one attached hydrogen (secondary N) is 2. The average molecular weight is 426 g/mol. The standard InChI is InChI=1S/C23H27N3O3S/c1-17(14-19-15-24-22-12-6-5-11-21(19)22)25-23(27)18-8-7-13-26(16-18)30(28,29)20-9-3-2-4-10-20/h2-6,9-12,15,17-18,24H,7-8,13-14,16H2,1H3,(H,25,27)/t17-,18-/m1/s1. The first-order valence-corrected chi connectivity index (χ1v) is 11.8. The zero-order valence-corrected chi connectivity index (χ0v) is 17.9. The maximum absolute atomic E-state index is 12.9. The molecule has 2 aromatic carbocycles. The van der Waals surface area contributed by atoms with Gasteiger partial charge in [-0.1, -0.05) is 36.4 Å². The molecule has 6 nitrogen and oxygen atoms in total. The van der Waals surface area contributed by atoms with Crippen molar-refractivity contribution in [1.82, 2.24) is 14.6 Å². The minimum atomic E-state index is -3.57. The molecule has 1 aliphatic heterocycles. The van der Waals surface area contributed by atoms with Gasteiger partial charge in [0.2, 0.25) is 15.9 Å². The fourth-order valence-electron chi connectivity index (χ4n) is 4.16. The first kappa shape index (κ1) is 20.6. The van der Waals surface area contributed by atoms with Gasteiger partial charge < -0.3 is 10.3 Å². The summed E-state index contributed by atoms with van der Waals surface area (Å²) >= 11 is 0. The highest BCUT2D eigenvalue weighted by molar-refractivity contribution is 7.89. The molecule has 1 fully saturated rings. The van der Waals surface area contributed by atoms with Gasteiger partial charge in [0.25, 0.3) is 0 Å². The van der Waals surface area contributed by atoms with Crippen LogP contribution in [-0.2, 0) is 21.2 Å². The summed E-state index contributed by atoms with van der Waals surface area (Å²) in [5.41, 5.74) is 2.25. The second kappa shape index (κ2) is 8.62. The van der Waals surface area contributed by atoms with Crippen LogP contribution in [0.15, 0.2) is 65.7 Å². The van der Waals surface area contributed by atoms with Gasteiger partial charge in [-0.25, -0.2) is 8.42 Å². The molecule has 0 spiro atoms. The first-order chi connectivity index (χ1) is 14.4. The van der Waals surface area contributed by atoms with Gasteiger partial charge >= 0.3 is 0 Å². The van der Waals surface area contributed by atoms with E-state index in [1.165, 1.54) is 4.31 Å². The number of nitrogens with zero attached hydrogens (tertiary/aromatic N) is 1. The van der Waals surface area contributed by atoms with Crippen LogP contribution in [0.3, 0.4) is 0 Å². The van der Waals surface area contributed by atoms with Crippen LogP contribution in [0.4, 0.5) is 0 Å². The number of carbonyl (C=O) groups excluding carboxylic acids is 1. The quantitative estimate of drug-likeness (QED) is 0.636. The number of hydrogen-bond donors (Lipinski definition) is 2.